The van der Waals surface area contributed by atoms with Crippen LogP contribution in [0.1, 0.15) is 11.3 Å². The Balaban J connectivity index is 1.42. The van der Waals surface area contributed by atoms with Crippen molar-refractivity contribution in [1.82, 2.24) is 9.88 Å². The Kier molecular flexibility index (Phi) is 6.04. The topological polar surface area (TPSA) is 50.0 Å². The van der Waals surface area contributed by atoms with Gasteiger partial charge >= 0.3 is 0 Å². The van der Waals surface area contributed by atoms with E-state index in [9.17, 15) is 0 Å². The minimum Gasteiger partial charge on any atom is -0.495 e. The van der Waals surface area contributed by atoms with Crippen LogP contribution in [-0.2, 0) is 6.42 Å². The van der Waals surface area contributed by atoms with E-state index in [1.807, 2.05) is 18.2 Å². The number of piperazine rings is 1. The second-order valence-electron chi connectivity index (χ2n) is 7.73. The lowest BCUT2D eigenvalue weighted by atomic mass is 10.1. The van der Waals surface area contributed by atoms with E-state index >= 15 is 0 Å². The molecule has 1 aliphatic rings. The van der Waals surface area contributed by atoms with Crippen molar-refractivity contribution in [3.63, 3.8) is 0 Å². The van der Waals surface area contributed by atoms with Gasteiger partial charge in [-0.2, -0.15) is 0 Å². The molecule has 0 saturated carbocycles. The van der Waals surface area contributed by atoms with Gasteiger partial charge in [0.15, 0.2) is 11.5 Å². The van der Waals surface area contributed by atoms with Gasteiger partial charge < -0.3 is 24.1 Å². The third-order valence-corrected chi connectivity index (χ3v) is 6.10. The molecule has 2 aromatic carbocycles. The highest BCUT2D eigenvalue weighted by Gasteiger charge is 2.20. The number of ether oxygens (including phenoxy) is 3. The van der Waals surface area contributed by atoms with Crippen LogP contribution < -0.4 is 19.1 Å². The van der Waals surface area contributed by atoms with E-state index in [4.69, 9.17) is 14.2 Å². The number of para-hydroxylation sites is 2. The van der Waals surface area contributed by atoms with Gasteiger partial charge in [-0.15, -0.1) is 0 Å². The minimum absolute atomic E-state index is 0.755. The van der Waals surface area contributed by atoms with Gasteiger partial charge in [0.05, 0.1) is 27.0 Å². The molecule has 30 heavy (non-hydrogen) atoms. The summed E-state index contributed by atoms with van der Waals surface area (Å²) in [6, 6.07) is 12.4. The molecule has 0 aliphatic carbocycles. The molecule has 0 spiro atoms. The number of H-pyrrole nitrogens is 1. The summed E-state index contributed by atoms with van der Waals surface area (Å²) in [5.41, 5.74) is 4.86. The summed E-state index contributed by atoms with van der Waals surface area (Å²) in [5.74, 6) is 2.48. The maximum atomic E-state index is 5.53. The van der Waals surface area contributed by atoms with Crippen molar-refractivity contribution >= 4 is 16.6 Å². The maximum absolute atomic E-state index is 5.53. The van der Waals surface area contributed by atoms with Crippen LogP contribution in [0.5, 0.6) is 17.2 Å². The zero-order valence-electron chi connectivity index (χ0n) is 18.3. The van der Waals surface area contributed by atoms with Gasteiger partial charge in [-0.3, -0.25) is 4.90 Å². The number of aromatic nitrogens is 1. The largest absolute Gasteiger partial charge is 0.495 e. The summed E-state index contributed by atoms with van der Waals surface area (Å²) in [5, 5.41) is 1.22. The van der Waals surface area contributed by atoms with E-state index in [2.05, 4.69) is 39.9 Å². The van der Waals surface area contributed by atoms with Crippen LogP contribution in [-0.4, -0.2) is 63.9 Å². The molecular formula is C24H31N3O3. The molecule has 3 aromatic rings. The zero-order chi connectivity index (χ0) is 21.1. The molecular weight excluding hydrogens is 378 g/mol. The molecule has 0 bridgehead atoms. The molecule has 6 nitrogen and oxygen atoms in total. The third kappa shape index (κ3) is 3.92. The average molecular weight is 410 g/mol. The summed E-state index contributed by atoms with van der Waals surface area (Å²) in [7, 11) is 5.10. The number of anilines is 1. The number of fused-ring (bicyclic) bond motifs is 1. The highest BCUT2D eigenvalue weighted by atomic mass is 16.5. The first-order chi connectivity index (χ1) is 14.6. The zero-order valence-corrected chi connectivity index (χ0v) is 18.3. The number of methoxy groups -OCH3 is 3. The minimum atomic E-state index is 0.755. The van der Waals surface area contributed by atoms with Crippen LogP contribution in [0.15, 0.2) is 36.4 Å². The second-order valence-corrected chi connectivity index (χ2v) is 7.73. The van der Waals surface area contributed by atoms with Crippen molar-refractivity contribution in [2.24, 2.45) is 0 Å². The number of benzene rings is 2. The van der Waals surface area contributed by atoms with Gasteiger partial charge in [-0.1, -0.05) is 12.1 Å². The smallest absolute Gasteiger partial charge is 0.162 e. The number of nitrogens with one attached hydrogen (secondary N) is 1. The summed E-state index contributed by atoms with van der Waals surface area (Å²) >= 11 is 0. The van der Waals surface area contributed by atoms with Crippen molar-refractivity contribution in [2.75, 3.05) is 59.0 Å². The van der Waals surface area contributed by atoms with Crippen LogP contribution in [0.2, 0.25) is 0 Å². The highest BCUT2D eigenvalue weighted by Crippen LogP contribution is 2.35. The van der Waals surface area contributed by atoms with Crippen LogP contribution in [0.4, 0.5) is 5.69 Å². The molecule has 1 N–H and O–H groups in total. The number of aryl methyl sites for hydroxylation is 1. The summed E-state index contributed by atoms with van der Waals surface area (Å²) < 4.78 is 16.5. The Bertz CT molecular complexity index is 1010. The Morgan fingerprint density at radius 3 is 2.23 bits per heavy atom. The van der Waals surface area contributed by atoms with Gasteiger partial charge in [0.25, 0.3) is 0 Å². The number of rotatable bonds is 7. The maximum Gasteiger partial charge on any atom is 0.162 e. The molecule has 2 heterocycles. The van der Waals surface area contributed by atoms with E-state index in [1.165, 1.54) is 22.3 Å². The lowest BCUT2D eigenvalue weighted by Gasteiger charge is -2.36. The highest BCUT2D eigenvalue weighted by molar-refractivity contribution is 5.88. The first kappa shape index (κ1) is 20.4. The van der Waals surface area contributed by atoms with Gasteiger partial charge in [0, 0.05) is 55.4 Å². The Hall–Kier alpha value is -2.86. The second kappa shape index (κ2) is 8.88. The van der Waals surface area contributed by atoms with Gasteiger partial charge in [0.1, 0.15) is 5.75 Å². The molecule has 0 amide bonds. The standard InChI is InChI=1S/C24H31N3O3/c1-17-18(19-15-23(29-3)24(30-4)16-20(19)25-17)9-10-26-11-13-27(14-12-26)21-7-5-6-8-22(21)28-2/h5-8,15-16,25H,9-14H2,1-4H3. The molecule has 160 valence electrons. The predicted molar refractivity (Wildman–Crippen MR) is 121 cm³/mol. The number of nitrogens with zero attached hydrogens (tertiary/aromatic N) is 2. The fourth-order valence-electron chi connectivity index (χ4n) is 4.41. The molecule has 0 unspecified atom stereocenters. The number of hydrogen-bond donors (Lipinski definition) is 1. The number of hydrogen-bond acceptors (Lipinski definition) is 5. The average Bonchev–Trinajstić information content (AvgIpc) is 3.10. The predicted octanol–water partition coefficient (Wildman–Crippen LogP) is 3.87. The fourth-order valence-corrected chi connectivity index (χ4v) is 4.41. The van der Waals surface area contributed by atoms with Crippen molar-refractivity contribution in [1.29, 1.82) is 0 Å². The van der Waals surface area contributed by atoms with Crippen LogP contribution in [0.3, 0.4) is 0 Å². The molecule has 4 rings (SSSR count). The van der Waals surface area contributed by atoms with Crippen LogP contribution >= 0.6 is 0 Å². The van der Waals surface area contributed by atoms with Crippen molar-refractivity contribution in [2.45, 2.75) is 13.3 Å². The summed E-state index contributed by atoms with van der Waals surface area (Å²) in [4.78, 5) is 8.47. The van der Waals surface area contributed by atoms with Gasteiger partial charge in [-0.25, -0.2) is 0 Å². The SMILES string of the molecule is COc1cc2[nH]c(C)c(CCN3CCN(c4ccccc4OC)CC3)c2cc1OC. The fraction of sp³-hybridized carbons (Fsp3) is 0.417. The van der Waals surface area contributed by atoms with Crippen LogP contribution in [0, 0.1) is 6.92 Å². The van der Waals surface area contributed by atoms with E-state index in [0.717, 1.165) is 61.9 Å². The monoisotopic (exact) mass is 409 g/mol. The van der Waals surface area contributed by atoms with Gasteiger partial charge in [-0.05, 0) is 37.1 Å². The third-order valence-electron chi connectivity index (χ3n) is 6.10. The lowest BCUT2D eigenvalue weighted by Crippen LogP contribution is -2.47. The summed E-state index contributed by atoms with van der Waals surface area (Å²) in [6.07, 6.45) is 1.01. The summed E-state index contributed by atoms with van der Waals surface area (Å²) in [6.45, 7) is 7.32. The Labute approximate surface area is 178 Å². The molecule has 0 atom stereocenters. The van der Waals surface area contributed by atoms with Crippen molar-refractivity contribution in [3.05, 3.63) is 47.7 Å². The van der Waals surface area contributed by atoms with Gasteiger partial charge in [0.2, 0.25) is 0 Å². The molecule has 6 heteroatoms. The Morgan fingerprint density at radius 2 is 1.53 bits per heavy atom. The van der Waals surface area contributed by atoms with E-state index in [1.54, 1.807) is 21.3 Å². The first-order valence-corrected chi connectivity index (χ1v) is 10.5. The molecule has 1 saturated heterocycles. The normalized spacial score (nSPS) is 14.9. The first-order valence-electron chi connectivity index (χ1n) is 10.5. The molecule has 1 aliphatic heterocycles. The number of aromatic amines is 1. The van der Waals surface area contributed by atoms with Crippen LogP contribution in [0.25, 0.3) is 10.9 Å². The van der Waals surface area contributed by atoms with E-state index < -0.39 is 0 Å². The molecule has 1 aromatic heterocycles. The van der Waals surface area contributed by atoms with Crippen molar-refractivity contribution in [3.8, 4) is 17.2 Å². The van der Waals surface area contributed by atoms with Crippen molar-refractivity contribution < 1.29 is 14.2 Å². The van der Waals surface area contributed by atoms with E-state index in [0.29, 0.717) is 0 Å². The quantitative estimate of drug-likeness (QED) is 0.642. The molecule has 1 fully saturated rings. The Morgan fingerprint density at radius 1 is 0.867 bits per heavy atom. The molecule has 0 radical (unpaired) electrons. The lowest BCUT2D eigenvalue weighted by molar-refractivity contribution is 0.260. The van der Waals surface area contributed by atoms with E-state index in [-0.39, 0.29) is 0 Å².